The van der Waals surface area contributed by atoms with E-state index in [1.165, 1.54) is 43.4 Å². The predicted molar refractivity (Wildman–Crippen MR) is 98.2 cm³/mol. The maximum atomic E-state index is 6.27. The molecule has 0 spiro atoms. The summed E-state index contributed by atoms with van der Waals surface area (Å²) in [5.74, 6) is 0. The Balaban J connectivity index is 2.21. The van der Waals surface area contributed by atoms with Crippen LogP contribution in [-0.2, 0) is 0 Å². The summed E-state index contributed by atoms with van der Waals surface area (Å²) in [6.07, 6.45) is 0. The van der Waals surface area contributed by atoms with Crippen molar-refractivity contribution in [2.45, 2.75) is 13.8 Å². The van der Waals surface area contributed by atoms with E-state index in [0.29, 0.717) is 0 Å². The third-order valence-electron chi connectivity index (χ3n) is 4.96. The van der Waals surface area contributed by atoms with Crippen molar-refractivity contribution in [3.05, 3.63) is 71.8 Å². The van der Waals surface area contributed by atoms with Crippen LogP contribution in [0.2, 0.25) is 0 Å². The zero-order valence-corrected chi connectivity index (χ0v) is 13.2. The molecule has 0 aliphatic carbocycles. The van der Waals surface area contributed by atoms with Gasteiger partial charge in [-0.05, 0) is 53.3 Å². The minimum atomic E-state index is 0.957. The number of rotatable bonds is 0. The van der Waals surface area contributed by atoms with E-state index in [4.69, 9.17) is 4.42 Å². The molecule has 0 aliphatic heterocycles. The summed E-state index contributed by atoms with van der Waals surface area (Å²) in [5.41, 5.74) is 4.58. The van der Waals surface area contributed by atoms with Crippen molar-refractivity contribution in [3.8, 4) is 0 Å². The smallest absolute Gasteiger partial charge is 0.143 e. The maximum absolute atomic E-state index is 6.27. The van der Waals surface area contributed by atoms with Gasteiger partial charge in [0.25, 0.3) is 0 Å². The topological polar surface area (TPSA) is 13.1 Å². The molecule has 1 aromatic heterocycles. The Bertz CT molecular complexity index is 1220. The fourth-order valence-electron chi connectivity index (χ4n) is 3.67. The van der Waals surface area contributed by atoms with Crippen molar-refractivity contribution in [2.24, 2.45) is 0 Å². The molecular formula is C22H16O. The molecule has 0 saturated heterocycles. The van der Waals surface area contributed by atoms with Crippen molar-refractivity contribution in [3.63, 3.8) is 0 Å². The second-order valence-electron chi connectivity index (χ2n) is 6.33. The first-order chi connectivity index (χ1) is 11.2. The lowest BCUT2D eigenvalue weighted by Gasteiger charge is -2.09. The number of furan rings is 1. The number of hydrogen-bond acceptors (Lipinski definition) is 1. The van der Waals surface area contributed by atoms with Crippen molar-refractivity contribution in [2.75, 3.05) is 0 Å². The summed E-state index contributed by atoms with van der Waals surface area (Å²) in [4.78, 5) is 0. The lowest BCUT2D eigenvalue weighted by Crippen LogP contribution is -1.85. The summed E-state index contributed by atoms with van der Waals surface area (Å²) >= 11 is 0. The first-order valence-corrected chi connectivity index (χ1v) is 7.97. The SMILES string of the molecule is Cc1cc2c3ccccc3c3c4ccccc4oc3c2cc1C. The minimum absolute atomic E-state index is 0.957. The lowest BCUT2D eigenvalue weighted by molar-refractivity contribution is 0.673. The molecule has 0 bridgehead atoms. The van der Waals surface area contributed by atoms with Gasteiger partial charge >= 0.3 is 0 Å². The molecule has 0 N–H and O–H groups in total. The van der Waals surface area contributed by atoms with Gasteiger partial charge in [0.05, 0.1) is 0 Å². The molecule has 0 amide bonds. The fraction of sp³-hybridized carbons (Fsp3) is 0.0909. The molecule has 0 radical (unpaired) electrons. The highest BCUT2D eigenvalue weighted by Crippen LogP contribution is 2.41. The summed E-state index contributed by atoms with van der Waals surface area (Å²) < 4.78 is 6.27. The number of hydrogen-bond donors (Lipinski definition) is 0. The monoisotopic (exact) mass is 296 g/mol. The van der Waals surface area contributed by atoms with Crippen LogP contribution in [0, 0.1) is 13.8 Å². The second-order valence-corrected chi connectivity index (χ2v) is 6.33. The van der Waals surface area contributed by atoms with Gasteiger partial charge in [0.2, 0.25) is 0 Å². The molecule has 0 atom stereocenters. The minimum Gasteiger partial charge on any atom is -0.455 e. The van der Waals surface area contributed by atoms with Gasteiger partial charge in [-0.2, -0.15) is 0 Å². The first kappa shape index (κ1) is 12.7. The fourth-order valence-corrected chi connectivity index (χ4v) is 3.67. The molecule has 110 valence electrons. The van der Waals surface area contributed by atoms with E-state index in [2.05, 4.69) is 68.4 Å². The highest BCUT2D eigenvalue weighted by Gasteiger charge is 2.15. The average Bonchev–Trinajstić information content (AvgIpc) is 2.96. The van der Waals surface area contributed by atoms with Crippen molar-refractivity contribution in [1.29, 1.82) is 0 Å². The zero-order valence-electron chi connectivity index (χ0n) is 13.2. The summed E-state index contributed by atoms with van der Waals surface area (Å²) in [6.45, 7) is 4.34. The van der Waals surface area contributed by atoms with Crippen LogP contribution < -0.4 is 0 Å². The summed E-state index contributed by atoms with van der Waals surface area (Å²) in [5, 5.41) is 7.46. The van der Waals surface area contributed by atoms with Crippen LogP contribution >= 0.6 is 0 Å². The van der Waals surface area contributed by atoms with Crippen LogP contribution in [0.15, 0.2) is 65.1 Å². The van der Waals surface area contributed by atoms with E-state index in [-0.39, 0.29) is 0 Å². The average molecular weight is 296 g/mol. The Kier molecular flexibility index (Phi) is 2.41. The third kappa shape index (κ3) is 1.62. The van der Waals surface area contributed by atoms with Gasteiger partial charge in [0, 0.05) is 16.2 Å². The molecule has 1 nitrogen and oxygen atoms in total. The maximum Gasteiger partial charge on any atom is 0.143 e. The van der Waals surface area contributed by atoms with E-state index < -0.39 is 0 Å². The summed E-state index contributed by atoms with van der Waals surface area (Å²) in [7, 11) is 0. The van der Waals surface area contributed by atoms with Gasteiger partial charge in [-0.25, -0.2) is 0 Å². The van der Waals surface area contributed by atoms with Gasteiger partial charge in [-0.1, -0.05) is 48.5 Å². The Hall–Kier alpha value is -2.80. The first-order valence-electron chi connectivity index (χ1n) is 7.97. The van der Waals surface area contributed by atoms with E-state index in [0.717, 1.165) is 11.2 Å². The summed E-state index contributed by atoms with van der Waals surface area (Å²) in [6, 6.07) is 21.5. The molecule has 0 aliphatic rings. The van der Waals surface area contributed by atoms with E-state index in [1.807, 2.05) is 6.07 Å². The standard InChI is InChI=1S/C22H16O/c1-13-11-18-15-7-3-4-8-16(15)21-17-9-5-6-10-20(17)23-22(21)19(18)12-14(13)2/h3-12H,1-2H3. The van der Waals surface area contributed by atoms with Gasteiger partial charge in [0.15, 0.2) is 0 Å². The quantitative estimate of drug-likeness (QED) is 0.297. The Labute approximate surface area is 134 Å². The molecular weight excluding hydrogens is 280 g/mol. The van der Waals surface area contributed by atoms with Gasteiger partial charge < -0.3 is 4.42 Å². The van der Waals surface area contributed by atoms with Crippen LogP contribution in [0.25, 0.3) is 43.5 Å². The Morgan fingerprint density at radius 2 is 1.22 bits per heavy atom. The number of fused-ring (bicyclic) bond motifs is 8. The molecule has 4 aromatic carbocycles. The van der Waals surface area contributed by atoms with Crippen molar-refractivity contribution >= 4 is 43.5 Å². The lowest BCUT2D eigenvalue weighted by atomic mass is 9.94. The largest absolute Gasteiger partial charge is 0.455 e. The molecule has 5 aromatic rings. The van der Waals surface area contributed by atoms with Gasteiger partial charge in [-0.15, -0.1) is 0 Å². The molecule has 1 heterocycles. The second kappa shape index (κ2) is 4.36. The molecule has 5 rings (SSSR count). The molecule has 1 heteroatoms. The predicted octanol–water partition coefficient (Wildman–Crippen LogP) is 6.51. The highest BCUT2D eigenvalue weighted by atomic mass is 16.3. The molecule has 23 heavy (non-hydrogen) atoms. The van der Waals surface area contributed by atoms with Gasteiger partial charge in [-0.3, -0.25) is 0 Å². The highest BCUT2D eigenvalue weighted by molar-refractivity contribution is 6.30. The number of benzene rings is 4. The van der Waals surface area contributed by atoms with Crippen LogP contribution in [0.5, 0.6) is 0 Å². The van der Waals surface area contributed by atoms with Crippen molar-refractivity contribution in [1.82, 2.24) is 0 Å². The van der Waals surface area contributed by atoms with Crippen molar-refractivity contribution < 1.29 is 4.42 Å². The molecule has 0 fully saturated rings. The number of para-hydroxylation sites is 1. The Morgan fingerprint density at radius 1 is 0.609 bits per heavy atom. The van der Waals surface area contributed by atoms with Crippen LogP contribution in [0.3, 0.4) is 0 Å². The normalized spacial score (nSPS) is 11.9. The van der Waals surface area contributed by atoms with E-state index >= 15 is 0 Å². The van der Waals surface area contributed by atoms with Crippen LogP contribution in [0.1, 0.15) is 11.1 Å². The zero-order chi connectivity index (χ0) is 15.6. The Morgan fingerprint density at radius 3 is 2.00 bits per heavy atom. The third-order valence-corrected chi connectivity index (χ3v) is 4.96. The van der Waals surface area contributed by atoms with Crippen LogP contribution in [-0.4, -0.2) is 0 Å². The van der Waals surface area contributed by atoms with E-state index in [1.54, 1.807) is 0 Å². The molecule has 0 unspecified atom stereocenters. The molecule has 0 saturated carbocycles. The van der Waals surface area contributed by atoms with E-state index in [9.17, 15) is 0 Å². The van der Waals surface area contributed by atoms with Gasteiger partial charge in [0.1, 0.15) is 11.2 Å². The van der Waals surface area contributed by atoms with Crippen LogP contribution in [0.4, 0.5) is 0 Å². The number of aryl methyl sites for hydroxylation is 2.